The Morgan fingerprint density at radius 3 is 2.60 bits per heavy atom. The standard InChI is InChI=1S/C19H20FN3O2/c20-17-7-5-14(6-8-17)19-16(13-22-23-19)12-21-11-15-3-1-2-4-18(15)25-10-9-24/h1-8,13,21,24H,9-12H2,(H,22,23). The van der Waals surface area contributed by atoms with Gasteiger partial charge in [-0.1, -0.05) is 18.2 Å². The first-order chi connectivity index (χ1) is 12.3. The van der Waals surface area contributed by atoms with Crippen LogP contribution in [-0.4, -0.2) is 28.5 Å². The van der Waals surface area contributed by atoms with E-state index in [9.17, 15) is 4.39 Å². The van der Waals surface area contributed by atoms with Gasteiger partial charge in [-0.2, -0.15) is 5.10 Å². The van der Waals surface area contributed by atoms with Gasteiger partial charge in [-0.05, 0) is 30.3 Å². The number of hydrogen-bond donors (Lipinski definition) is 3. The SMILES string of the molecule is OCCOc1ccccc1CNCc1cn[nH]c1-c1ccc(F)cc1. The van der Waals surface area contributed by atoms with Gasteiger partial charge in [-0.3, -0.25) is 5.10 Å². The van der Waals surface area contributed by atoms with E-state index in [4.69, 9.17) is 9.84 Å². The minimum atomic E-state index is -0.262. The number of H-pyrrole nitrogens is 1. The van der Waals surface area contributed by atoms with Crippen LogP contribution in [0.5, 0.6) is 5.75 Å². The van der Waals surface area contributed by atoms with Crippen molar-refractivity contribution in [2.45, 2.75) is 13.1 Å². The molecule has 5 nitrogen and oxygen atoms in total. The van der Waals surface area contributed by atoms with Gasteiger partial charge >= 0.3 is 0 Å². The first kappa shape index (κ1) is 17.1. The van der Waals surface area contributed by atoms with Crippen LogP contribution >= 0.6 is 0 Å². The van der Waals surface area contributed by atoms with E-state index in [0.29, 0.717) is 13.1 Å². The third kappa shape index (κ3) is 4.43. The van der Waals surface area contributed by atoms with Crippen LogP contribution in [0.4, 0.5) is 4.39 Å². The Bertz CT molecular complexity index is 802. The lowest BCUT2D eigenvalue weighted by Gasteiger charge is -2.11. The molecule has 130 valence electrons. The molecular formula is C19H20FN3O2. The van der Waals surface area contributed by atoms with E-state index >= 15 is 0 Å². The van der Waals surface area contributed by atoms with Gasteiger partial charge in [0.2, 0.25) is 0 Å². The van der Waals surface area contributed by atoms with Gasteiger partial charge in [0.1, 0.15) is 18.2 Å². The lowest BCUT2D eigenvalue weighted by Crippen LogP contribution is -2.14. The number of para-hydroxylation sites is 1. The molecule has 1 heterocycles. The Labute approximate surface area is 145 Å². The molecular weight excluding hydrogens is 321 g/mol. The highest BCUT2D eigenvalue weighted by molar-refractivity contribution is 5.62. The number of halogens is 1. The van der Waals surface area contributed by atoms with Gasteiger partial charge in [-0.25, -0.2) is 4.39 Å². The molecule has 25 heavy (non-hydrogen) atoms. The molecule has 3 rings (SSSR count). The van der Waals surface area contributed by atoms with E-state index in [1.165, 1.54) is 12.1 Å². The Kier molecular flexibility index (Phi) is 5.77. The van der Waals surface area contributed by atoms with Crippen LogP contribution in [0, 0.1) is 5.82 Å². The first-order valence-corrected chi connectivity index (χ1v) is 8.08. The van der Waals surface area contributed by atoms with Gasteiger partial charge in [0.15, 0.2) is 0 Å². The number of aromatic amines is 1. The molecule has 0 fully saturated rings. The summed E-state index contributed by atoms with van der Waals surface area (Å²) in [5, 5.41) is 19.3. The summed E-state index contributed by atoms with van der Waals surface area (Å²) in [6.07, 6.45) is 1.76. The molecule has 0 radical (unpaired) electrons. The topological polar surface area (TPSA) is 70.2 Å². The molecule has 0 saturated carbocycles. The molecule has 1 aromatic heterocycles. The van der Waals surface area contributed by atoms with Crippen molar-refractivity contribution in [2.24, 2.45) is 0 Å². The molecule has 0 amide bonds. The molecule has 0 bridgehead atoms. The lowest BCUT2D eigenvalue weighted by atomic mass is 10.1. The van der Waals surface area contributed by atoms with Crippen molar-refractivity contribution >= 4 is 0 Å². The van der Waals surface area contributed by atoms with E-state index in [0.717, 1.165) is 28.1 Å². The molecule has 3 N–H and O–H groups in total. The number of rotatable bonds is 8. The van der Waals surface area contributed by atoms with Crippen molar-refractivity contribution in [3.05, 3.63) is 71.7 Å². The smallest absolute Gasteiger partial charge is 0.123 e. The lowest BCUT2D eigenvalue weighted by molar-refractivity contribution is 0.200. The van der Waals surface area contributed by atoms with Crippen molar-refractivity contribution in [3.63, 3.8) is 0 Å². The Hall–Kier alpha value is -2.70. The maximum Gasteiger partial charge on any atom is 0.123 e. The van der Waals surface area contributed by atoms with Gasteiger partial charge in [0.25, 0.3) is 0 Å². The molecule has 6 heteroatoms. The number of ether oxygens (including phenoxy) is 1. The maximum absolute atomic E-state index is 13.1. The van der Waals surface area contributed by atoms with Crippen LogP contribution in [0.15, 0.2) is 54.7 Å². The predicted octanol–water partition coefficient (Wildman–Crippen LogP) is 2.88. The zero-order valence-corrected chi connectivity index (χ0v) is 13.7. The number of hydrogen-bond acceptors (Lipinski definition) is 4. The average Bonchev–Trinajstić information content (AvgIpc) is 3.10. The maximum atomic E-state index is 13.1. The van der Waals surface area contributed by atoms with Gasteiger partial charge in [-0.15, -0.1) is 0 Å². The predicted molar refractivity (Wildman–Crippen MR) is 93.5 cm³/mol. The van der Waals surface area contributed by atoms with Crippen LogP contribution in [0.25, 0.3) is 11.3 Å². The highest BCUT2D eigenvalue weighted by atomic mass is 19.1. The number of benzene rings is 2. The average molecular weight is 341 g/mol. The summed E-state index contributed by atoms with van der Waals surface area (Å²) < 4.78 is 18.6. The number of aromatic nitrogens is 2. The molecule has 0 spiro atoms. The zero-order valence-electron chi connectivity index (χ0n) is 13.7. The summed E-state index contributed by atoms with van der Waals surface area (Å²) in [6.45, 7) is 1.48. The molecule has 0 atom stereocenters. The Morgan fingerprint density at radius 1 is 1.04 bits per heavy atom. The Morgan fingerprint density at radius 2 is 1.80 bits per heavy atom. The van der Waals surface area contributed by atoms with Gasteiger partial charge in [0.05, 0.1) is 18.5 Å². The van der Waals surface area contributed by atoms with E-state index in [2.05, 4.69) is 15.5 Å². The molecule has 0 aliphatic carbocycles. The van der Waals surface area contributed by atoms with Crippen molar-refractivity contribution in [3.8, 4) is 17.0 Å². The second kappa shape index (κ2) is 8.41. The third-order valence-electron chi connectivity index (χ3n) is 3.80. The van der Waals surface area contributed by atoms with Gasteiger partial charge in [0, 0.05) is 29.8 Å². The molecule has 0 aliphatic rings. The second-order valence-corrected chi connectivity index (χ2v) is 5.56. The van der Waals surface area contributed by atoms with E-state index in [1.54, 1.807) is 18.3 Å². The molecule has 0 saturated heterocycles. The number of nitrogens with zero attached hydrogens (tertiary/aromatic N) is 1. The fourth-order valence-electron chi connectivity index (χ4n) is 2.59. The van der Waals surface area contributed by atoms with Crippen LogP contribution < -0.4 is 10.1 Å². The highest BCUT2D eigenvalue weighted by Crippen LogP contribution is 2.22. The summed E-state index contributed by atoms with van der Waals surface area (Å²) in [7, 11) is 0. The molecule has 2 aromatic carbocycles. The van der Waals surface area contributed by atoms with Crippen molar-refractivity contribution in [1.29, 1.82) is 0 Å². The third-order valence-corrected chi connectivity index (χ3v) is 3.80. The number of aliphatic hydroxyl groups excluding tert-OH is 1. The fraction of sp³-hybridized carbons (Fsp3) is 0.211. The summed E-state index contributed by atoms with van der Waals surface area (Å²) in [6, 6.07) is 14.0. The van der Waals surface area contributed by atoms with Crippen LogP contribution in [0.3, 0.4) is 0 Å². The first-order valence-electron chi connectivity index (χ1n) is 8.08. The minimum absolute atomic E-state index is 0.0161. The normalized spacial score (nSPS) is 10.8. The van der Waals surface area contributed by atoms with E-state index in [1.807, 2.05) is 24.3 Å². The van der Waals surface area contributed by atoms with Crippen molar-refractivity contribution in [1.82, 2.24) is 15.5 Å². The van der Waals surface area contributed by atoms with E-state index < -0.39 is 0 Å². The molecule has 0 unspecified atom stereocenters. The summed E-state index contributed by atoms with van der Waals surface area (Å²) in [5.74, 6) is 0.498. The zero-order chi connectivity index (χ0) is 17.5. The molecule has 0 aliphatic heterocycles. The van der Waals surface area contributed by atoms with Crippen LogP contribution in [0.1, 0.15) is 11.1 Å². The van der Waals surface area contributed by atoms with Crippen LogP contribution in [0.2, 0.25) is 0 Å². The van der Waals surface area contributed by atoms with E-state index in [-0.39, 0.29) is 19.0 Å². The largest absolute Gasteiger partial charge is 0.491 e. The summed E-state index contributed by atoms with van der Waals surface area (Å²) >= 11 is 0. The minimum Gasteiger partial charge on any atom is -0.491 e. The fourth-order valence-corrected chi connectivity index (χ4v) is 2.59. The van der Waals surface area contributed by atoms with Crippen molar-refractivity contribution in [2.75, 3.05) is 13.2 Å². The molecule has 3 aromatic rings. The monoisotopic (exact) mass is 341 g/mol. The number of nitrogens with one attached hydrogen (secondary N) is 2. The highest BCUT2D eigenvalue weighted by Gasteiger charge is 2.08. The van der Waals surface area contributed by atoms with Crippen LogP contribution in [-0.2, 0) is 13.1 Å². The summed E-state index contributed by atoms with van der Waals surface area (Å²) in [4.78, 5) is 0. The quantitative estimate of drug-likeness (QED) is 0.589. The Balaban J connectivity index is 1.64. The number of aliphatic hydroxyl groups is 1. The van der Waals surface area contributed by atoms with Crippen molar-refractivity contribution < 1.29 is 14.2 Å². The summed E-state index contributed by atoms with van der Waals surface area (Å²) in [5.41, 5.74) is 3.78. The van der Waals surface area contributed by atoms with Gasteiger partial charge < -0.3 is 15.2 Å². The second-order valence-electron chi connectivity index (χ2n) is 5.56.